The van der Waals surface area contributed by atoms with Gasteiger partial charge in [0.1, 0.15) is 0 Å². The number of hydrogen-bond acceptors (Lipinski definition) is 5. The van der Waals surface area contributed by atoms with E-state index in [1.807, 2.05) is 6.08 Å². The molecule has 63 heavy (non-hydrogen) atoms. The van der Waals surface area contributed by atoms with Crippen molar-refractivity contribution in [3.8, 4) is 0 Å². The zero-order valence-corrected chi connectivity index (χ0v) is 42.1. The van der Waals surface area contributed by atoms with Gasteiger partial charge in [-0.1, -0.05) is 230 Å². The molecule has 0 bridgehead atoms. The largest absolute Gasteiger partial charge is 0.466 e. The molecular formula is C57H107NO5. The van der Waals surface area contributed by atoms with Crippen LogP contribution in [0.5, 0.6) is 0 Å². The van der Waals surface area contributed by atoms with E-state index in [0.29, 0.717) is 19.4 Å². The molecule has 0 aliphatic heterocycles. The number of unbranched alkanes of at least 4 members (excludes halogenated alkanes) is 36. The minimum Gasteiger partial charge on any atom is -0.466 e. The first-order valence-corrected chi connectivity index (χ1v) is 27.8. The Bertz CT molecular complexity index is 1020. The van der Waals surface area contributed by atoms with E-state index in [1.165, 1.54) is 212 Å². The van der Waals surface area contributed by atoms with E-state index in [9.17, 15) is 19.8 Å². The lowest BCUT2D eigenvalue weighted by atomic mass is 10.0. The van der Waals surface area contributed by atoms with E-state index in [2.05, 4.69) is 43.5 Å². The van der Waals surface area contributed by atoms with E-state index < -0.39 is 12.1 Å². The van der Waals surface area contributed by atoms with Gasteiger partial charge in [0, 0.05) is 12.8 Å². The van der Waals surface area contributed by atoms with Crippen LogP contribution in [0.4, 0.5) is 0 Å². The zero-order valence-electron chi connectivity index (χ0n) is 42.1. The number of carbonyl (C=O) groups excluding carboxylic acids is 2. The number of carbonyl (C=O) groups is 2. The minimum absolute atomic E-state index is 0.00653. The summed E-state index contributed by atoms with van der Waals surface area (Å²) in [4.78, 5) is 24.4. The van der Waals surface area contributed by atoms with Crippen molar-refractivity contribution in [1.29, 1.82) is 0 Å². The minimum atomic E-state index is -0.850. The fraction of sp³-hybridized carbons (Fsp3) is 0.860. The highest BCUT2D eigenvalue weighted by Gasteiger charge is 2.18. The molecule has 0 aromatic heterocycles. The maximum atomic E-state index is 12.4. The number of rotatable bonds is 51. The normalized spacial score (nSPS) is 12.9. The summed E-state index contributed by atoms with van der Waals surface area (Å²) in [7, 11) is 0. The SMILES string of the molecule is CCCCCC/C=C\CCCCCCCC(=O)OCCCCCCCCCC/C=C\CCCCCCCCCC(=O)NC(CO)C(O)/C=C/CCCCCCCCCCCCCC. The molecule has 6 nitrogen and oxygen atoms in total. The van der Waals surface area contributed by atoms with Crippen LogP contribution in [0.25, 0.3) is 0 Å². The zero-order chi connectivity index (χ0) is 45.8. The van der Waals surface area contributed by atoms with Crippen molar-refractivity contribution in [2.24, 2.45) is 0 Å². The van der Waals surface area contributed by atoms with Crippen molar-refractivity contribution in [3.63, 3.8) is 0 Å². The molecule has 1 amide bonds. The Morgan fingerprint density at radius 2 is 0.746 bits per heavy atom. The second kappa shape index (κ2) is 52.7. The van der Waals surface area contributed by atoms with E-state index in [0.717, 1.165) is 51.4 Å². The monoisotopic (exact) mass is 886 g/mol. The number of ether oxygens (including phenoxy) is 1. The van der Waals surface area contributed by atoms with Gasteiger partial charge >= 0.3 is 5.97 Å². The third-order valence-electron chi connectivity index (χ3n) is 12.6. The Morgan fingerprint density at radius 3 is 1.14 bits per heavy atom. The van der Waals surface area contributed by atoms with Crippen LogP contribution in [-0.2, 0) is 14.3 Å². The van der Waals surface area contributed by atoms with Gasteiger partial charge in [-0.25, -0.2) is 0 Å². The van der Waals surface area contributed by atoms with Crippen LogP contribution < -0.4 is 5.32 Å². The molecule has 6 heteroatoms. The molecule has 0 aliphatic carbocycles. The molecule has 2 atom stereocenters. The molecule has 0 saturated carbocycles. The number of aliphatic hydroxyl groups is 2. The highest BCUT2D eigenvalue weighted by molar-refractivity contribution is 5.76. The summed E-state index contributed by atoms with van der Waals surface area (Å²) >= 11 is 0. The molecule has 0 heterocycles. The van der Waals surface area contributed by atoms with Crippen molar-refractivity contribution in [2.75, 3.05) is 13.2 Å². The van der Waals surface area contributed by atoms with Gasteiger partial charge in [0.25, 0.3) is 0 Å². The van der Waals surface area contributed by atoms with Crippen molar-refractivity contribution >= 4 is 11.9 Å². The predicted octanol–water partition coefficient (Wildman–Crippen LogP) is 16.9. The lowest BCUT2D eigenvalue weighted by Gasteiger charge is -2.20. The van der Waals surface area contributed by atoms with E-state index >= 15 is 0 Å². The Hall–Kier alpha value is -1.92. The summed E-state index contributed by atoms with van der Waals surface area (Å²) in [6.45, 7) is 4.87. The van der Waals surface area contributed by atoms with E-state index in [4.69, 9.17) is 4.74 Å². The van der Waals surface area contributed by atoms with Crippen LogP contribution in [0.1, 0.15) is 290 Å². The summed E-state index contributed by atoms with van der Waals surface area (Å²) in [5.74, 6) is -0.0845. The first kappa shape index (κ1) is 61.1. The van der Waals surface area contributed by atoms with Gasteiger partial charge in [-0.2, -0.15) is 0 Å². The number of aliphatic hydroxyl groups excluding tert-OH is 2. The quantitative estimate of drug-likeness (QED) is 0.0321. The molecule has 0 fully saturated rings. The summed E-state index contributed by atoms with van der Waals surface area (Å²) in [5.41, 5.74) is 0. The second-order valence-corrected chi connectivity index (χ2v) is 18.9. The standard InChI is InChI=1S/C57H107NO5/c1-3-5-7-9-11-13-15-17-26-29-33-37-41-45-49-55(60)54(53-59)58-56(61)50-46-42-38-34-30-27-23-21-19-18-20-22-24-28-32-36-40-44-48-52-63-57(62)51-47-43-39-35-31-25-16-14-12-10-8-6-4-2/h14,16,18-19,45,49,54-55,59-60H,3-13,15,17,20-44,46-48,50-53H2,1-2H3,(H,58,61)/b16-14-,19-18-,49-45+. The predicted molar refractivity (Wildman–Crippen MR) is 273 cm³/mol. The third-order valence-corrected chi connectivity index (χ3v) is 12.6. The van der Waals surface area contributed by atoms with Crippen molar-refractivity contribution in [2.45, 2.75) is 302 Å². The number of nitrogens with one attached hydrogen (secondary N) is 1. The fourth-order valence-corrected chi connectivity index (χ4v) is 8.33. The molecule has 0 spiro atoms. The first-order chi connectivity index (χ1) is 31.0. The number of amides is 1. The molecule has 0 aliphatic rings. The second-order valence-electron chi connectivity index (χ2n) is 18.9. The Balaban J connectivity index is 3.48. The highest BCUT2D eigenvalue weighted by atomic mass is 16.5. The van der Waals surface area contributed by atoms with E-state index in [1.54, 1.807) is 6.08 Å². The number of allylic oxidation sites excluding steroid dienone is 5. The first-order valence-electron chi connectivity index (χ1n) is 27.8. The lowest BCUT2D eigenvalue weighted by Crippen LogP contribution is -2.45. The average molecular weight is 886 g/mol. The van der Waals surface area contributed by atoms with Gasteiger partial charge in [-0.3, -0.25) is 9.59 Å². The molecule has 0 saturated heterocycles. The smallest absolute Gasteiger partial charge is 0.305 e. The summed E-state index contributed by atoms with van der Waals surface area (Å²) < 4.78 is 5.46. The molecular weight excluding hydrogens is 779 g/mol. The van der Waals surface area contributed by atoms with Crippen molar-refractivity contribution < 1.29 is 24.5 Å². The van der Waals surface area contributed by atoms with Gasteiger partial charge in [0.2, 0.25) is 5.91 Å². The average Bonchev–Trinajstić information content (AvgIpc) is 3.28. The van der Waals surface area contributed by atoms with Crippen molar-refractivity contribution in [3.05, 3.63) is 36.5 Å². The molecule has 0 rings (SSSR count). The van der Waals surface area contributed by atoms with Crippen LogP contribution in [0.3, 0.4) is 0 Å². The number of esters is 1. The van der Waals surface area contributed by atoms with Gasteiger partial charge in [-0.05, 0) is 83.5 Å². The van der Waals surface area contributed by atoms with Crippen LogP contribution in [0, 0.1) is 0 Å². The van der Waals surface area contributed by atoms with Crippen molar-refractivity contribution in [1.82, 2.24) is 5.32 Å². The van der Waals surface area contributed by atoms with Gasteiger partial charge < -0.3 is 20.3 Å². The van der Waals surface area contributed by atoms with Crippen LogP contribution >= 0.6 is 0 Å². The Labute approximate surface area is 392 Å². The summed E-state index contributed by atoms with van der Waals surface area (Å²) in [5, 5.41) is 23.1. The summed E-state index contributed by atoms with van der Waals surface area (Å²) in [6.07, 6.45) is 64.4. The fourth-order valence-electron chi connectivity index (χ4n) is 8.33. The molecule has 0 aromatic carbocycles. The third kappa shape index (κ3) is 49.4. The Kier molecular flexibility index (Phi) is 51.1. The van der Waals surface area contributed by atoms with E-state index in [-0.39, 0.29) is 18.5 Å². The maximum Gasteiger partial charge on any atom is 0.305 e. The topological polar surface area (TPSA) is 95.9 Å². The lowest BCUT2D eigenvalue weighted by molar-refractivity contribution is -0.143. The molecule has 3 N–H and O–H groups in total. The maximum absolute atomic E-state index is 12.4. The van der Waals surface area contributed by atoms with Gasteiger partial charge in [-0.15, -0.1) is 0 Å². The molecule has 0 radical (unpaired) electrons. The molecule has 2 unspecified atom stereocenters. The summed E-state index contributed by atoms with van der Waals surface area (Å²) in [6, 6.07) is -0.635. The van der Waals surface area contributed by atoms with Crippen LogP contribution in [0.2, 0.25) is 0 Å². The van der Waals surface area contributed by atoms with Crippen LogP contribution in [-0.4, -0.2) is 47.4 Å². The number of hydrogen-bond donors (Lipinski definition) is 3. The highest BCUT2D eigenvalue weighted by Crippen LogP contribution is 2.15. The van der Waals surface area contributed by atoms with Gasteiger partial charge in [0.05, 0.1) is 25.4 Å². The Morgan fingerprint density at radius 1 is 0.429 bits per heavy atom. The van der Waals surface area contributed by atoms with Crippen LogP contribution in [0.15, 0.2) is 36.5 Å². The molecule has 370 valence electrons. The van der Waals surface area contributed by atoms with Gasteiger partial charge in [0.15, 0.2) is 0 Å². The molecule has 0 aromatic rings.